The molecule has 0 aliphatic heterocycles. The van der Waals surface area contributed by atoms with Crippen molar-refractivity contribution in [2.75, 3.05) is 0 Å². The lowest BCUT2D eigenvalue weighted by Gasteiger charge is -2.05. The number of phenolic OH excluding ortho intramolecular Hbond substituents is 1. The van der Waals surface area contributed by atoms with Gasteiger partial charge in [-0.05, 0) is 29.3 Å². The molecular weight excluding hydrogens is 237 g/mol. The van der Waals surface area contributed by atoms with E-state index < -0.39 is 5.82 Å². The van der Waals surface area contributed by atoms with Gasteiger partial charge in [0.2, 0.25) is 0 Å². The van der Waals surface area contributed by atoms with Gasteiger partial charge in [-0.1, -0.05) is 36.5 Å². The number of benzene rings is 2. The summed E-state index contributed by atoms with van der Waals surface area (Å²) in [4.78, 5) is 0.297. The second-order valence-corrected chi connectivity index (χ2v) is 4.05. The van der Waals surface area contributed by atoms with Gasteiger partial charge in [0.05, 0.1) is 0 Å². The molecular formula is C13H10FNOS. The summed E-state index contributed by atoms with van der Waals surface area (Å²) < 4.78 is 13.2. The van der Waals surface area contributed by atoms with E-state index in [0.717, 1.165) is 11.1 Å². The quantitative estimate of drug-likeness (QED) is 0.802. The number of hydrogen-bond donors (Lipinski definition) is 2. The van der Waals surface area contributed by atoms with Gasteiger partial charge >= 0.3 is 0 Å². The number of nitrogens with two attached hydrogens (primary N) is 1. The first kappa shape index (κ1) is 11.5. The Kier molecular flexibility index (Phi) is 3.06. The zero-order valence-electron chi connectivity index (χ0n) is 8.85. The lowest BCUT2D eigenvalue weighted by molar-refractivity contribution is 0.432. The molecule has 0 aliphatic carbocycles. The van der Waals surface area contributed by atoms with Crippen molar-refractivity contribution < 1.29 is 9.50 Å². The molecule has 0 spiro atoms. The summed E-state index contributed by atoms with van der Waals surface area (Å²) >= 11 is 4.88. The summed E-state index contributed by atoms with van der Waals surface area (Å²) in [5, 5.41) is 9.12. The van der Waals surface area contributed by atoms with Crippen molar-refractivity contribution in [2.45, 2.75) is 0 Å². The maximum Gasteiger partial charge on any atom is 0.165 e. The van der Waals surface area contributed by atoms with Gasteiger partial charge < -0.3 is 10.8 Å². The Hall–Kier alpha value is -1.94. The van der Waals surface area contributed by atoms with Gasteiger partial charge in [0.25, 0.3) is 0 Å². The average molecular weight is 247 g/mol. The molecule has 0 saturated carbocycles. The van der Waals surface area contributed by atoms with E-state index in [1.54, 1.807) is 24.3 Å². The summed E-state index contributed by atoms with van der Waals surface area (Å²) in [6.07, 6.45) is 0. The SMILES string of the molecule is NC(=S)c1cccc(-c2ccc(O)c(F)c2)c1. The summed E-state index contributed by atoms with van der Waals surface area (Å²) in [5.74, 6) is -1.01. The topological polar surface area (TPSA) is 46.2 Å². The number of phenols is 1. The average Bonchev–Trinajstić information content (AvgIpc) is 2.33. The number of rotatable bonds is 2. The van der Waals surface area contributed by atoms with E-state index in [0.29, 0.717) is 10.6 Å². The molecule has 0 amide bonds. The second-order valence-electron chi connectivity index (χ2n) is 3.61. The van der Waals surface area contributed by atoms with E-state index >= 15 is 0 Å². The van der Waals surface area contributed by atoms with Crippen LogP contribution < -0.4 is 5.73 Å². The fourth-order valence-electron chi connectivity index (χ4n) is 1.54. The maximum atomic E-state index is 13.2. The molecule has 2 aromatic carbocycles. The van der Waals surface area contributed by atoms with Gasteiger partial charge in [-0.3, -0.25) is 0 Å². The molecule has 3 N–H and O–H groups in total. The van der Waals surface area contributed by atoms with Gasteiger partial charge in [-0.2, -0.15) is 0 Å². The van der Waals surface area contributed by atoms with Crippen LogP contribution in [-0.2, 0) is 0 Å². The second kappa shape index (κ2) is 4.51. The highest BCUT2D eigenvalue weighted by molar-refractivity contribution is 7.80. The van der Waals surface area contributed by atoms with E-state index in [2.05, 4.69) is 0 Å². The van der Waals surface area contributed by atoms with Crippen molar-refractivity contribution in [3.63, 3.8) is 0 Å². The predicted molar refractivity (Wildman–Crippen MR) is 69.4 cm³/mol. The fourth-order valence-corrected chi connectivity index (χ4v) is 1.67. The third-order valence-electron chi connectivity index (χ3n) is 2.43. The first-order valence-electron chi connectivity index (χ1n) is 4.96. The molecule has 2 aromatic rings. The highest BCUT2D eigenvalue weighted by atomic mass is 32.1. The summed E-state index contributed by atoms with van der Waals surface area (Å²) in [5.41, 5.74) is 7.73. The summed E-state index contributed by atoms with van der Waals surface area (Å²) in [6, 6.07) is 11.4. The molecule has 0 aromatic heterocycles. The van der Waals surface area contributed by atoms with Crippen LogP contribution in [0.25, 0.3) is 11.1 Å². The van der Waals surface area contributed by atoms with Crippen LogP contribution in [0.15, 0.2) is 42.5 Å². The molecule has 2 rings (SSSR count). The zero-order valence-corrected chi connectivity index (χ0v) is 9.67. The molecule has 0 radical (unpaired) electrons. The van der Waals surface area contributed by atoms with Crippen LogP contribution in [0, 0.1) is 5.82 Å². The fraction of sp³-hybridized carbons (Fsp3) is 0. The molecule has 2 nitrogen and oxygen atoms in total. The number of thiocarbonyl (C=S) groups is 1. The van der Waals surface area contributed by atoms with E-state index in [9.17, 15) is 4.39 Å². The van der Waals surface area contributed by atoms with Crippen LogP contribution >= 0.6 is 12.2 Å². The summed E-state index contributed by atoms with van der Waals surface area (Å²) in [6.45, 7) is 0. The lowest BCUT2D eigenvalue weighted by atomic mass is 10.0. The highest BCUT2D eigenvalue weighted by Crippen LogP contribution is 2.25. The Balaban J connectivity index is 2.49. The predicted octanol–water partition coefficient (Wildman–Crippen LogP) is 2.83. The Labute approximate surface area is 104 Å². The van der Waals surface area contributed by atoms with E-state index in [1.165, 1.54) is 12.1 Å². The first-order chi connectivity index (χ1) is 8.08. The number of halogens is 1. The van der Waals surface area contributed by atoms with Crippen LogP contribution in [0.4, 0.5) is 4.39 Å². The molecule has 0 fully saturated rings. The van der Waals surface area contributed by atoms with Crippen molar-refractivity contribution >= 4 is 17.2 Å². The monoisotopic (exact) mass is 247 g/mol. The van der Waals surface area contributed by atoms with Gasteiger partial charge in [0.1, 0.15) is 4.99 Å². The molecule has 17 heavy (non-hydrogen) atoms. The van der Waals surface area contributed by atoms with Crippen molar-refractivity contribution in [1.82, 2.24) is 0 Å². The Morgan fingerprint density at radius 1 is 1.12 bits per heavy atom. The van der Waals surface area contributed by atoms with Crippen LogP contribution in [0.5, 0.6) is 5.75 Å². The molecule has 0 aliphatic rings. The Morgan fingerprint density at radius 2 is 1.82 bits per heavy atom. The molecule has 86 valence electrons. The normalized spacial score (nSPS) is 10.2. The van der Waals surface area contributed by atoms with E-state index in [-0.39, 0.29) is 5.75 Å². The van der Waals surface area contributed by atoms with Gasteiger partial charge in [0, 0.05) is 5.56 Å². The van der Waals surface area contributed by atoms with Gasteiger partial charge in [-0.15, -0.1) is 0 Å². The Morgan fingerprint density at radius 3 is 2.47 bits per heavy atom. The minimum Gasteiger partial charge on any atom is -0.505 e. The standard InChI is InChI=1S/C13H10FNOS/c14-11-7-9(4-5-12(11)16)8-2-1-3-10(6-8)13(15)17/h1-7,16H,(H2,15,17). The van der Waals surface area contributed by atoms with Crippen molar-refractivity contribution in [3.8, 4) is 16.9 Å². The third kappa shape index (κ3) is 2.42. The summed E-state index contributed by atoms with van der Waals surface area (Å²) in [7, 11) is 0. The largest absolute Gasteiger partial charge is 0.505 e. The molecule has 0 heterocycles. The highest BCUT2D eigenvalue weighted by Gasteiger charge is 2.05. The minimum absolute atomic E-state index is 0.297. The lowest BCUT2D eigenvalue weighted by Crippen LogP contribution is -2.08. The Bertz CT molecular complexity index is 583. The smallest absolute Gasteiger partial charge is 0.165 e. The van der Waals surface area contributed by atoms with Crippen LogP contribution in [0.2, 0.25) is 0 Å². The molecule has 0 unspecified atom stereocenters. The van der Waals surface area contributed by atoms with E-state index in [4.69, 9.17) is 23.1 Å². The third-order valence-corrected chi connectivity index (χ3v) is 2.66. The van der Waals surface area contributed by atoms with Crippen molar-refractivity contribution in [1.29, 1.82) is 0 Å². The van der Waals surface area contributed by atoms with Crippen LogP contribution in [-0.4, -0.2) is 10.1 Å². The maximum absolute atomic E-state index is 13.2. The first-order valence-corrected chi connectivity index (χ1v) is 5.37. The molecule has 0 bridgehead atoms. The van der Waals surface area contributed by atoms with E-state index in [1.807, 2.05) is 6.07 Å². The van der Waals surface area contributed by atoms with Crippen molar-refractivity contribution in [2.24, 2.45) is 5.73 Å². The van der Waals surface area contributed by atoms with Gasteiger partial charge in [0.15, 0.2) is 11.6 Å². The molecule has 4 heteroatoms. The van der Waals surface area contributed by atoms with Crippen LogP contribution in [0.3, 0.4) is 0 Å². The number of hydrogen-bond acceptors (Lipinski definition) is 2. The van der Waals surface area contributed by atoms with Gasteiger partial charge in [-0.25, -0.2) is 4.39 Å². The van der Waals surface area contributed by atoms with Crippen molar-refractivity contribution in [3.05, 3.63) is 53.8 Å². The number of aromatic hydroxyl groups is 1. The molecule has 0 saturated heterocycles. The van der Waals surface area contributed by atoms with Crippen LogP contribution in [0.1, 0.15) is 5.56 Å². The molecule has 0 atom stereocenters. The zero-order chi connectivity index (χ0) is 12.4. The minimum atomic E-state index is -0.650.